The summed E-state index contributed by atoms with van der Waals surface area (Å²) < 4.78 is 10.8. The Morgan fingerprint density at radius 3 is 2.52 bits per heavy atom. The lowest BCUT2D eigenvalue weighted by Crippen LogP contribution is -2.53. The second-order valence-electron chi connectivity index (χ2n) is 6.83. The van der Waals surface area contributed by atoms with Crippen LogP contribution in [0.25, 0.3) is 0 Å². The van der Waals surface area contributed by atoms with Crippen molar-refractivity contribution in [3.8, 4) is 5.88 Å². The van der Waals surface area contributed by atoms with E-state index >= 15 is 0 Å². The van der Waals surface area contributed by atoms with Crippen LogP contribution in [0.5, 0.6) is 5.88 Å². The van der Waals surface area contributed by atoms with Crippen LogP contribution in [-0.2, 0) is 6.54 Å². The van der Waals surface area contributed by atoms with Gasteiger partial charge < -0.3 is 24.3 Å². The summed E-state index contributed by atoms with van der Waals surface area (Å²) in [7, 11) is 1.76. The molecule has 1 aliphatic rings. The lowest BCUT2D eigenvalue weighted by atomic mass is 10.2. The molecule has 29 heavy (non-hydrogen) atoms. The van der Waals surface area contributed by atoms with Gasteiger partial charge in [0.05, 0.1) is 12.4 Å². The molecule has 1 amide bonds. The summed E-state index contributed by atoms with van der Waals surface area (Å²) in [4.78, 5) is 25.0. The van der Waals surface area contributed by atoms with E-state index in [2.05, 4.69) is 20.2 Å². The molecule has 158 valence electrons. The third-order valence-electron chi connectivity index (χ3n) is 4.41. The van der Waals surface area contributed by atoms with E-state index in [-0.39, 0.29) is 36.0 Å². The Hall–Kier alpha value is -2.30. The lowest BCUT2D eigenvalue weighted by molar-refractivity contribution is 0.0657. The molecule has 2 aromatic rings. The second kappa shape index (κ2) is 11.0. The van der Waals surface area contributed by atoms with Crippen molar-refractivity contribution in [3.05, 3.63) is 48.0 Å². The van der Waals surface area contributed by atoms with Crippen LogP contribution in [0.3, 0.4) is 0 Å². The zero-order chi connectivity index (χ0) is 19.9. The van der Waals surface area contributed by atoms with E-state index < -0.39 is 0 Å². The number of aliphatic imine (C=N–C) groups is 1. The molecule has 0 radical (unpaired) electrons. The first-order valence-electron chi connectivity index (χ1n) is 9.47. The highest BCUT2D eigenvalue weighted by Gasteiger charge is 2.25. The van der Waals surface area contributed by atoms with Crippen molar-refractivity contribution in [1.82, 2.24) is 20.1 Å². The standard InChI is InChI=1S/C20H27N5O3.HI/c1-15(2)28-18-7-6-16(13-22-18)14-23-20(21-3)25-10-8-24(9-11-25)19(26)17-5-4-12-27-17;/h4-7,12-13,15H,8-11,14H2,1-3H3,(H,21,23);1H. The summed E-state index contributed by atoms with van der Waals surface area (Å²) in [6.45, 7) is 7.25. The molecule has 1 N–H and O–H groups in total. The monoisotopic (exact) mass is 513 g/mol. The van der Waals surface area contributed by atoms with E-state index in [1.54, 1.807) is 30.3 Å². The third kappa shape index (κ3) is 6.34. The molecule has 1 saturated heterocycles. The average Bonchev–Trinajstić information content (AvgIpc) is 3.24. The van der Waals surface area contributed by atoms with Gasteiger partial charge in [-0.3, -0.25) is 9.79 Å². The zero-order valence-electron chi connectivity index (χ0n) is 17.0. The molecule has 0 aromatic carbocycles. The van der Waals surface area contributed by atoms with Crippen molar-refractivity contribution in [1.29, 1.82) is 0 Å². The molecule has 1 aliphatic heterocycles. The number of nitrogens with one attached hydrogen (secondary N) is 1. The van der Waals surface area contributed by atoms with Gasteiger partial charge in [-0.15, -0.1) is 24.0 Å². The molecule has 0 aliphatic carbocycles. The number of carbonyl (C=O) groups is 1. The van der Waals surface area contributed by atoms with Crippen LogP contribution in [0, 0.1) is 0 Å². The Kier molecular flexibility index (Phi) is 8.74. The van der Waals surface area contributed by atoms with Gasteiger partial charge in [0.25, 0.3) is 5.91 Å². The number of halogens is 1. The number of aromatic nitrogens is 1. The molecule has 0 atom stereocenters. The SMILES string of the molecule is CN=C(NCc1ccc(OC(C)C)nc1)N1CCN(C(=O)c2ccco2)CC1.I. The predicted molar refractivity (Wildman–Crippen MR) is 122 cm³/mol. The van der Waals surface area contributed by atoms with E-state index in [0.29, 0.717) is 44.4 Å². The fraction of sp³-hybridized carbons (Fsp3) is 0.450. The molecule has 1 fully saturated rings. The van der Waals surface area contributed by atoms with Crippen molar-refractivity contribution >= 4 is 35.8 Å². The van der Waals surface area contributed by atoms with Crippen LogP contribution < -0.4 is 10.1 Å². The number of rotatable bonds is 5. The third-order valence-corrected chi connectivity index (χ3v) is 4.41. The number of ether oxygens (including phenoxy) is 1. The van der Waals surface area contributed by atoms with Crippen LogP contribution in [0.4, 0.5) is 0 Å². The number of carbonyl (C=O) groups excluding carboxylic acids is 1. The molecule has 3 rings (SSSR count). The fourth-order valence-corrected chi connectivity index (χ4v) is 3.02. The molecular weight excluding hydrogens is 485 g/mol. The number of amides is 1. The van der Waals surface area contributed by atoms with Gasteiger partial charge >= 0.3 is 0 Å². The summed E-state index contributed by atoms with van der Waals surface area (Å²) in [5.41, 5.74) is 1.05. The topological polar surface area (TPSA) is 83.2 Å². The van der Waals surface area contributed by atoms with Gasteiger partial charge in [-0.05, 0) is 31.5 Å². The number of guanidine groups is 1. The van der Waals surface area contributed by atoms with Crippen molar-refractivity contribution in [3.63, 3.8) is 0 Å². The minimum absolute atomic E-state index is 0. The van der Waals surface area contributed by atoms with Crippen LogP contribution in [0.15, 0.2) is 46.1 Å². The highest BCUT2D eigenvalue weighted by atomic mass is 127. The normalized spacial score (nSPS) is 14.6. The lowest BCUT2D eigenvalue weighted by Gasteiger charge is -2.36. The first-order chi connectivity index (χ1) is 13.6. The van der Waals surface area contributed by atoms with Crippen LogP contribution in [-0.4, -0.2) is 66.0 Å². The highest BCUT2D eigenvalue weighted by molar-refractivity contribution is 14.0. The molecule has 0 unspecified atom stereocenters. The van der Waals surface area contributed by atoms with Crippen molar-refractivity contribution in [2.45, 2.75) is 26.5 Å². The molecule has 0 saturated carbocycles. The number of furan rings is 1. The molecule has 3 heterocycles. The molecular formula is C20H28IN5O3. The number of piperazine rings is 1. The summed E-state index contributed by atoms with van der Waals surface area (Å²) in [6, 6.07) is 7.29. The maximum atomic E-state index is 12.4. The van der Waals surface area contributed by atoms with Crippen molar-refractivity contribution in [2.24, 2.45) is 4.99 Å². The molecule has 8 nitrogen and oxygen atoms in total. The van der Waals surface area contributed by atoms with E-state index in [1.807, 2.05) is 26.0 Å². The van der Waals surface area contributed by atoms with Crippen LogP contribution in [0.1, 0.15) is 30.0 Å². The Bertz CT molecular complexity index is 785. The van der Waals surface area contributed by atoms with E-state index in [0.717, 1.165) is 11.5 Å². The Balaban J connectivity index is 0.00000300. The maximum absolute atomic E-state index is 12.4. The molecule has 9 heteroatoms. The van der Waals surface area contributed by atoms with Crippen molar-refractivity contribution in [2.75, 3.05) is 33.2 Å². The highest BCUT2D eigenvalue weighted by Crippen LogP contribution is 2.11. The number of nitrogens with zero attached hydrogens (tertiary/aromatic N) is 4. The van der Waals surface area contributed by atoms with Gasteiger partial charge in [0, 0.05) is 52.0 Å². The van der Waals surface area contributed by atoms with Gasteiger partial charge in [-0.25, -0.2) is 4.98 Å². The minimum atomic E-state index is -0.0672. The summed E-state index contributed by atoms with van der Waals surface area (Å²) >= 11 is 0. The number of hydrogen-bond acceptors (Lipinski definition) is 5. The zero-order valence-corrected chi connectivity index (χ0v) is 19.3. The molecule has 2 aromatic heterocycles. The Morgan fingerprint density at radius 1 is 1.24 bits per heavy atom. The maximum Gasteiger partial charge on any atom is 0.289 e. The molecule has 0 bridgehead atoms. The van der Waals surface area contributed by atoms with E-state index in [1.165, 1.54) is 6.26 Å². The van der Waals surface area contributed by atoms with Crippen LogP contribution in [0.2, 0.25) is 0 Å². The smallest absolute Gasteiger partial charge is 0.289 e. The average molecular weight is 513 g/mol. The Labute approximate surface area is 188 Å². The first kappa shape index (κ1) is 23.0. The van der Waals surface area contributed by atoms with Gasteiger partial charge in [0.1, 0.15) is 0 Å². The van der Waals surface area contributed by atoms with Gasteiger partial charge in [0.15, 0.2) is 11.7 Å². The van der Waals surface area contributed by atoms with Crippen LogP contribution >= 0.6 is 24.0 Å². The first-order valence-corrected chi connectivity index (χ1v) is 9.47. The molecule has 0 spiro atoms. The number of pyridine rings is 1. The Morgan fingerprint density at radius 2 is 1.97 bits per heavy atom. The summed E-state index contributed by atoms with van der Waals surface area (Å²) in [5, 5.41) is 3.36. The number of hydrogen-bond donors (Lipinski definition) is 1. The predicted octanol–water partition coefficient (Wildman–Crippen LogP) is 2.61. The minimum Gasteiger partial charge on any atom is -0.475 e. The largest absolute Gasteiger partial charge is 0.475 e. The van der Waals surface area contributed by atoms with Gasteiger partial charge in [-0.1, -0.05) is 6.07 Å². The quantitative estimate of drug-likeness (QED) is 0.376. The van der Waals surface area contributed by atoms with Gasteiger partial charge in [0.2, 0.25) is 5.88 Å². The second-order valence-corrected chi connectivity index (χ2v) is 6.83. The summed E-state index contributed by atoms with van der Waals surface area (Å²) in [5.74, 6) is 1.75. The van der Waals surface area contributed by atoms with Gasteiger partial charge in [-0.2, -0.15) is 0 Å². The fourth-order valence-electron chi connectivity index (χ4n) is 3.02. The summed E-state index contributed by atoms with van der Waals surface area (Å²) in [6.07, 6.45) is 3.43. The van der Waals surface area contributed by atoms with E-state index in [4.69, 9.17) is 9.15 Å². The van der Waals surface area contributed by atoms with Crippen molar-refractivity contribution < 1.29 is 13.9 Å². The van der Waals surface area contributed by atoms with E-state index in [9.17, 15) is 4.79 Å².